The number of amides is 1. The summed E-state index contributed by atoms with van der Waals surface area (Å²) in [7, 11) is 0. The molecule has 1 aromatic carbocycles. The first kappa shape index (κ1) is 15.0. The highest BCUT2D eigenvalue weighted by molar-refractivity contribution is 5.92. The zero-order valence-electron chi connectivity index (χ0n) is 12.2. The third-order valence-corrected chi connectivity index (χ3v) is 3.33. The first-order valence-electron chi connectivity index (χ1n) is 7.06. The second-order valence-corrected chi connectivity index (χ2v) is 4.75. The van der Waals surface area contributed by atoms with E-state index in [1.807, 2.05) is 18.4 Å². The molecule has 1 amide bonds. The second kappa shape index (κ2) is 6.39. The standard InChI is InChI=1S/C15H19N3O3/c1-3-13-17-11-9-10(15(20)21)5-6-12(11)18(13)8-7-14(19)16-4-2/h5-6,9H,3-4,7-8H2,1-2H3,(H,16,19)(H,20,21). The molecule has 0 radical (unpaired) electrons. The SMILES string of the molecule is CCNC(=O)CCn1c(CC)nc2cc(C(=O)O)ccc21. The molecule has 21 heavy (non-hydrogen) atoms. The molecule has 2 N–H and O–H groups in total. The number of imidazole rings is 1. The van der Waals surface area contributed by atoms with Crippen molar-refractivity contribution in [2.45, 2.75) is 33.2 Å². The Morgan fingerprint density at radius 3 is 2.71 bits per heavy atom. The van der Waals surface area contributed by atoms with Crippen LogP contribution in [0.5, 0.6) is 0 Å². The minimum Gasteiger partial charge on any atom is -0.478 e. The van der Waals surface area contributed by atoms with Gasteiger partial charge in [-0.1, -0.05) is 6.92 Å². The van der Waals surface area contributed by atoms with E-state index < -0.39 is 5.97 Å². The first-order valence-corrected chi connectivity index (χ1v) is 7.06. The second-order valence-electron chi connectivity index (χ2n) is 4.75. The predicted octanol–water partition coefficient (Wildman–Crippen LogP) is 1.82. The van der Waals surface area contributed by atoms with Crippen molar-refractivity contribution < 1.29 is 14.7 Å². The van der Waals surface area contributed by atoms with E-state index in [1.54, 1.807) is 18.2 Å². The van der Waals surface area contributed by atoms with Crippen LogP contribution in [-0.2, 0) is 17.8 Å². The largest absolute Gasteiger partial charge is 0.478 e. The van der Waals surface area contributed by atoms with Gasteiger partial charge in [0.15, 0.2) is 0 Å². The number of nitrogens with one attached hydrogen (secondary N) is 1. The number of carboxylic acid groups (broad SMARTS) is 1. The van der Waals surface area contributed by atoms with Gasteiger partial charge >= 0.3 is 5.97 Å². The fourth-order valence-corrected chi connectivity index (χ4v) is 2.33. The molecular weight excluding hydrogens is 270 g/mol. The number of nitrogens with zero attached hydrogens (tertiary/aromatic N) is 2. The average molecular weight is 289 g/mol. The van der Waals surface area contributed by atoms with Crippen LogP contribution >= 0.6 is 0 Å². The number of fused-ring (bicyclic) bond motifs is 1. The summed E-state index contributed by atoms with van der Waals surface area (Å²) in [5.74, 6) is -0.104. The molecule has 1 aromatic heterocycles. The molecule has 0 aliphatic heterocycles. The Kier molecular flexibility index (Phi) is 4.57. The van der Waals surface area contributed by atoms with Crippen molar-refractivity contribution in [3.8, 4) is 0 Å². The summed E-state index contributed by atoms with van der Waals surface area (Å²) in [5, 5.41) is 11.8. The Bertz CT molecular complexity index is 676. The van der Waals surface area contributed by atoms with Crippen LogP contribution in [0, 0.1) is 0 Å². The van der Waals surface area contributed by atoms with Crippen molar-refractivity contribution in [1.29, 1.82) is 0 Å². The molecule has 0 aliphatic carbocycles. The maximum Gasteiger partial charge on any atom is 0.335 e. The van der Waals surface area contributed by atoms with Crippen molar-refractivity contribution in [3.63, 3.8) is 0 Å². The van der Waals surface area contributed by atoms with Gasteiger partial charge in [0.1, 0.15) is 5.82 Å². The van der Waals surface area contributed by atoms with Gasteiger partial charge in [0.2, 0.25) is 5.91 Å². The van der Waals surface area contributed by atoms with E-state index in [1.165, 1.54) is 0 Å². The van der Waals surface area contributed by atoms with Gasteiger partial charge in [-0.3, -0.25) is 4.79 Å². The third-order valence-electron chi connectivity index (χ3n) is 3.33. The number of aromatic nitrogens is 2. The van der Waals surface area contributed by atoms with Crippen LogP contribution in [0.25, 0.3) is 11.0 Å². The Morgan fingerprint density at radius 2 is 2.10 bits per heavy atom. The van der Waals surface area contributed by atoms with E-state index in [4.69, 9.17) is 5.11 Å². The summed E-state index contributed by atoms with van der Waals surface area (Å²) in [6, 6.07) is 4.89. The van der Waals surface area contributed by atoms with Gasteiger partial charge in [-0.2, -0.15) is 0 Å². The molecule has 0 atom stereocenters. The lowest BCUT2D eigenvalue weighted by atomic mass is 10.2. The van der Waals surface area contributed by atoms with Crippen LogP contribution in [0.2, 0.25) is 0 Å². The van der Waals surface area contributed by atoms with Crippen LogP contribution in [0.15, 0.2) is 18.2 Å². The number of aryl methyl sites for hydroxylation is 2. The fraction of sp³-hybridized carbons (Fsp3) is 0.400. The van der Waals surface area contributed by atoms with Gasteiger partial charge in [-0.05, 0) is 25.1 Å². The monoisotopic (exact) mass is 289 g/mol. The highest BCUT2D eigenvalue weighted by atomic mass is 16.4. The van der Waals surface area contributed by atoms with Gasteiger partial charge in [-0.15, -0.1) is 0 Å². The molecular formula is C15H19N3O3. The third kappa shape index (κ3) is 3.21. The molecule has 2 aromatic rings. The Hall–Kier alpha value is -2.37. The van der Waals surface area contributed by atoms with E-state index in [0.717, 1.165) is 17.8 Å². The Balaban J connectivity index is 2.33. The molecule has 0 saturated carbocycles. The van der Waals surface area contributed by atoms with E-state index in [-0.39, 0.29) is 11.5 Å². The van der Waals surface area contributed by atoms with Crippen molar-refractivity contribution in [3.05, 3.63) is 29.6 Å². The Labute approximate surface area is 122 Å². The molecule has 6 heteroatoms. The van der Waals surface area contributed by atoms with E-state index in [9.17, 15) is 9.59 Å². The predicted molar refractivity (Wildman–Crippen MR) is 79.4 cm³/mol. The number of carbonyl (C=O) groups is 2. The van der Waals surface area contributed by atoms with Crippen molar-refractivity contribution in [2.24, 2.45) is 0 Å². The van der Waals surface area contributed by atoms with E-state index >= 15 is 0 Å². The number of carbonyl (C=O) groups excluding carboxylic acids is 1. The van der Waals surface area contributed by atoms with Crippen LogP contribution in [-0.4, -0.2) is 33.1 Å². The molecule has 0 aliphatic rings. The lowest BCUT2D eigenvalue weighted by Crippen LogP contribution is -2.24. The maximum absolute atomic E-state index is 11.6. The van der Waals surface area contributed by atoms with Crippen molar-refractivity contribution in [2.75, 3.05) is 6.54 Å². The van der Waals surface area contributed by atoms with Crippen molar-refractivity contribution >= 4 is 22.9 Å². The summed E-state index contributed by atoms with van der Waals surface area (Å²) >= 11 is 0. The van der Waals surface area contributed by atoms with Gasteiger partial charge < -0.3 is 15.0 Å². The smallest absolute Gasteiger partial charge is 0.335 e. The molecule has 0 bridgehead atoms. The minimum atomic E-state index is -0.966. The number of rotatable bonds is 6. The number of hydrogen-bond acceptors (Lipinski definition) is 3. The van der Waals surface area contributed by atoms with Crippen molar-refractivity contribution in [1.82, 2.24) is 14.9 Å². The zero-order chi connectivity index (χ0) is 15.4. The van der Waals surface area contributed by atoms with Crippen LogP contribution in [0.1, 0.15) is 36.5 Å². The normalized spacial score (nSPS) is 10.8. The molecule has 0 fully saturated rings. The van der Waals surface area contributed by atoms with Gasteiger partial charge in [-0.25, -0.2) is 9.78 Å². The van der Waals surface area contributed by atoms with E-state index in [0.29, 0.717) is 25.0 Å². The summed E-state index contributed by atoms with van der Waals surface area (Å²) in [5.41, 5.74) is 1.74. The number of hydrogen-bond donors (Lipinski definition) is 2. The lowest BCUT2D eigenvalue weighted by Gasteiger charge is -2.08. The highest BCUT2D eigenvalue weighted by Gasteiger charge is 2.13. The minimum absolute atomic E-state index is 0.00330. The molecule has 1 heterocycles. The average Bonchev–Trinajstić information content (AvgIpc) is 2.82. The summed E-state index contributed by atoms with van der Waals surface area (Å²) < 4.78 is 1.98. The molecule has 6 nitrogen and oxygen atoms in total. The van der Waals surface area contributed by atoms with Gasteiger partial charge in [0.25, 0.3) is 0 Å². The van der Waals surface area contributed by atoms with Crippen LogP contribution in [0.3, 0.4) is 0 Å². The Morgan fingerprint density at radius 1 is 1.33 bits per heavy atom. The molecule has 112 valence electrons. The summed E-state index contributed by atoms with van der Waals surface area (Å²) in [6.45, 7) is 5.03. The molecule has 2 rings (SSSR count). The molecule has 0 saturated heterocycles. The number of benzene rings is 1. The highest BCUT2D eigenvalue weighted by Crippen LogP contribution is 2.19. The molecule has 0 unspecified atom stereocenters. The van der Waals surface area contributed by atoms with E-state index in [2.05, 4.69) is 10.3 Å². The fourth-order valence-electron chi connectivity index (χ4n) is 2.33. The zero-order valence-corrected chi connectivity index (χ0v) is 12.2. The summed E-state index contributed by atoms with van der Waals surface area (Å²) in [6.07, 6.45) is 1.11. The number of aromatic carboxylic acids is 1. The van der Waals surface area contributed by atoms with Gasteiger partial charge in [0.05, 0.1) is 16.6 Å². The van der Waals surface area contributed by atoms with Crippen LogP contribution < -0.4 is 5.32 Å². The topological polar surface area (TPSA) is 84.2 Å². The first-order chi connectivity index (χ1) is 10.1. The van der Waals surface area contributed by atoms with Crippen LogP contribution in [0.4, 0.5) is 0 Å². The number of carboxylic acids is 1. The lowest BCUT2D eigenvalue weighted by molar-refractivity contribution is -0.121. The quantitative estimate of drug-likeness (QED) is 0.849. The van der Waals surface area contributed by atoms with Gasteiger partial charge in [0, 0.05) is 25.9 Å². The molecule has 0 spiro atoms. The summed E-state index contributed by atoms with van der Waals surface area (Å²) in [4.78, 5) is 27.1. The maximum atomic E-state index is 11.6.